The Morgan fingerprint density at radius 2 is 1.84 bits per heavy atom. The predicted molar refractivity (Wildman–Crippen MR) is 96.7 cm³/mol. The van der Waals surface area contributed by atoms with E-state index in [4.69, 9.17) is 5.73 Å². The lowest BCUT2D eigenvalue weighted by Crippen LogP contribution is -2.38. The van der Waals surface area contributed by atoms with Crippen molar-refractivity contribution in [1.29, 1.82) is 0 Å². The summed E-state index contributed by atoms with van der Waals surface area (Å²) in [6, 6.07) is 10.0. The molecule has 0 aliphatic heterocycles. The molecule has 0 aliphatic rings. The fourth-order valence-corrected chi connectivity index (χ4v) is 3.47. The van der Waals surface area contributed by atoms with E-state index < -0.39 is 31.6 Å². The van der Waals surface area contributed by atoms with Crippen molar-refractivity contribution in [2.45, 2.75) is 50.8 Å². The van der Waals surface area contributed by atoms with Crippen LogP contribution in [0.4, 0.5) is 0 Å². The van der Waals surface area contributed by atoms with Gasteiger partial charge >= 0.3 is 14.4 Å². The maximum Gasteiger partial charge on any atom is 0.360 e. The average molecular weight is 368 g/mol. The Morgan fingerprint density at radius 1 is 1.20 bits per heavy atom. The molecule has 0 aliphatic carbocycles. The molecule has 0 spiro atoms. The highest BCUT2D eigenvalue weighted by atomic mass is 31.1. The summed E-state index contributed by atoms with van der Waals surface area (Å²) in [4.78, 5) is 22.3. The Hall–Kier alpha value is -1.78. The third-order valence-corrected chi connectivity index (χ3v) is 5.47. The molecular weight excluding hydrogens is 341 g/mol. The molecule has 0 heterocycles. The molecule has 0 saturated heterocycles. The molecule has 4 N–H and O–H groups in total. The van der Waals surface area contributed by atoms with Crippen LogP contribution in [0.25, 0.3) is 0 Å². The molecule has 4 unspecified atom stereocenters. The van der Waals surface area contributed by atoms with Crippen molar-refractivity contribution in [3.05, 3.63) is 35.9 Å². The minimum atomic E-state index is -1.83. The molecule has 0 aromatic heterocycles. The molecule has 7 heteroatoms. The number of aliphatic carboxylic acids is 1. The van der Waals surface area contributed by atoms with Gasteiger partial charge in [0.15, 0.2) is 0 Å². The van der Waals surface area contributed by atoms with Crippen LogP contribution in [0.3, 0.4) is 0 Å². The van der Waals surface area contributed by atoms with E-state index in [1.807, 2.05) is 37.3 Å². The Labute approximate surface area is 149 Å². The molecule has 1 aromatic carbocycles. The molecule has 4 atom stereocenters. The number of carboxylic acids is 1. The zero-order valence-electron chi connectivity index (χ0n) is 14.5. The zero-order valence-corrected chi connectivity index (χ0v) is 15.5. The van der Waals surface area contributed by atoms with E-state index in [1.54, 1.807) is 0 Å². The number of aryl methyl sites for hydroxylation is 1. The van der Waals surface area contributed by atoms with Crippen molar-refractivity contribution in [3.8, 4) is 0 Å². The van der Waals surface area contributed by atoms with E-state index in [0.29, 0.717) is 6.42 Å². The second-order valence-corrected chi connectivity index (χ2v) is 7.66. The highest BCUT2D eigenvalue weighted by Crippen LogP contribution is 2.38. The van der Waals surface area contributed by atoms with Crippen molar-refractivity contribution in [3.63, 3.8) is 0 Å². The van der Waals surface area contributed by atoms with Crippen LogP contribution < -0.4 is 5.73 Å². The van der Waals surface area contributed by atoms with Gasteiger partial charge in [-0.15, -0.1) is 0 Å². The predicted octanol–water partition coefficient (Wildman–Crippen LogP) is 2.71. The van der Waals surface area contributed by atoms with Crippen molar-refractivity contribution < 1.29 is 24.4 Å². The molecule has 6 nitrogen and oxygen atoms in total. The Balaban J connectivity index is 2.60. The number of benzene rings is 1. The van der Waals surface area contributed by atoms with Gasteiger partial charge in [-0.3, -0.25) is 9.59 Å². The Morgan fingerprint density at radius 3 is 2.36 bits per heavy atom. The van der Waals surface area contributed by atoms with Crippen LogP contribution in [-0.4, -0.2) is 27.4 Å². The van der Waals surface area contributed by atoms with Crippen molar-refractivity contribution >= 4 is 20.3 Å². The molecular formula is C18H27NO5P+. The highest BCUT2D eigenvalue weighted by Gasteiger charge is 2.49. The monoisotopic (exact) mass is 368 g/mol. The number of hydrogen-bond donors (Lipinski definition) is 3. The van der Waals surface area contributed by atoms with Gasteiger partial charge in [-0.05, 0) is 37.2 Å². The van der Waals surface area contributed by atoms with Crippen molar-refractivity contribution in [1.82, 2.24) is 0 Å². The van der Waals surface area contributed by atoms with Gasteiger partial charge in [-0.2, -0.15) is 0 Å². The van der Waals surface area contributed by atoms with Crippen LogP contribution in [-0.2, 0) is 20.6 Å². The molecule has 25 heavy (non-hydrogen) atoms. The van der Waals surface area contributed by atoms with Gasteiger partial charge in [0.25, 0.3) is 5.34 Å². The highest BCUT2D eigenvalue weighted by molar-refractivity contribution is 7.25. The molecule has 1 rings (SSSR count). The first-order valence-corrected chi connectivity index (χ1v) is 9.36. The second kappa shape index (κ2) is 10.3. The zero-order chi connectivity index (χ0) is 18.9. The summed E-state index contributed by atoms with van der Waals surface area (Å²) >= 11 is 0. The smallest absolute Gasteiger partial charge is 0.360 e. The molecule has 1 aromatic rings. The quantitative estimate of drug-likeness (QED) is 0.490. The fraction of sp³-hybridized carbons (Fsp3) is 0.556. The Bertz CT molecular complexity index is 580. The van der Waals surface area contributed by atoms with Gasteiger partial charge < -0.3 is 15.9 Å². The number of carbonyl (C=O) groups excluding carboxylic acids is 1. The Kier molecular flexibility index (Phi) is 8.73. The average Bonchev–Trinajstić information content (AvgIpc) is 2.58. The topological polar surface area (TPSA) is 118 Å². The summed E-state index contributed by atoms with van der Waals surface area (Å²) in [5, 5.41) is 18.1. The van der Waals surface area contributed by atoms with Gasteiger partial charge in [-0.1, -0.05) is 41.8 Å². The SMILES string of the molecule is CC(CCc1ccccc1)CCC(O)([PH+]=O)C(CCC(N)=O)C(=O)O. The minimum absolute atomic E-state index is 0.112. The van der Waals surface area contributed by atoms with E-state index in [-0.39, 0.29) is 25.2 Å². The van der Waals surface area contributed by atoms with Gasteiger partial charge in [0.05, 0.1) is 0 Å². The van der Waals surface area contributed by atoms with Crippen LogP contribution in [0, 0.1) is 11.8 Å². The number of aliphatic hydroxyl groups is 1. The van der Waals surface area contributed by atoms with Crippen LogP contribution in [0.15, 0.2) is 30.3 Å². The summed E-state index contributed by atoms with van der Waals surface area (Å²) in [7, 11) is -1.17. The number of amides is 1. The number of primary amides is 1. The normalized spacial score (nSPS) is 16.1. The third-order valence-electron chi connectivity index (χ3n) is 4.52. The number of nitrogens with two attached hydrogens (primary N) is 1. The van der Waals surface area contributed by atoms with Crippen LogP contribution in [0.1, 0.15) is 44.6 Å². The van der Waals surface area contributed by atoms with Gasteiger partial charge in [0.1, 0.15) is 5.92 Å². The molecule has 0 saturated carbocycles. The van der Waals surface area contributed by atoms with E-state index in [2.05, 4.69) is 0 Å². The van der Waals surface area contributed by atoms with E-state index in [0.717, 1.165) is 12.8 Å². The number of hydrogen-bond acceptors (Lipinski definition) is 4. The lowest BCUT2D eigenvalue weighted by Gasteiger charge is -2.23. The van der Waals surface area contributed by atoms with Crippen molar-refractivity contribution in [2.24, 2.45) is 17.6 Å². The van der Waals surface area contributed by atoms with Gasteiger partial charge in [0.2, 0.25) is 5.91 Å². The maximum absolute atomic E-state index is 11.5. The number of carboxylic acid groups (broad SMARTS) is 1. The largest absolute Gasteiger partial charge is 0.481 e. The number of carbonyl (C=O) groups is 2. The van der Waals surface area contributed by atoms with Crippen LogP contribution >= 0.6 is 8.46 Å². The standard InChI is InChI=1S/C18H26NO5P/c1-13(7-8-14-5-3-2-4-6-14)11-12-18(23,25-24)15(17(21)22)9-10-16(19)20/h2-6,13,15,23H,7-12H2,1H3,(H2,19,20)(H,21,22)/p+1. The third kappa shape index (κ3) is 7.32. The van der Waals surface area contributed by atoms with Gasteiger partial charge in [0, 0.05) is 12.8 Å². The second-order valence-electron chi connectivity index (χ2n) is 6.59. The summed E-state index contributed by atoms with van der Waals surface area (Å²) in [6.45, 7) is 2.02. The first-order valence-electron chi connectivity index (χ1n) is 8.45. The van der Waals surface area contributed by atoms with Crippen LogP contribution in [0.2, 0.25) is 0 Å². The maximum atomic E-state index is 11.5. The lowest BCUT2D eigenvalue weighted by atomic mass is 9.88. The van der Waals surface area contributed by atoms with Crippen molar-refractivity contribution in [2.75, 3.05) is 0 Å². The summed E-state index contributed by atoms with van der Waals surface area (Å²) in [5.74, 6) is -2.92. The van der Waals surface area contributed by atoms with Gasteiger partial charge in [-0.25, -0.2) is 0 Å². The minimum Gasteiger partial charge on any atom is -0.481 e. The lowest BCUT2D eigenvalue weighted by molar-refractivity contribution is -0.148. The summed E-state index contributed by atoms with van der Waals surface area (Å²) in [5.41, 5.74) is 6.28. The molecule has 138 valence electrons. The van der Waals surface area contributed by atoms with E-state index >= 15 is 0 Å². The fourth-order valence-electron chi connectivity index (χ4n) is 2.82. The van der Waals surface area contributed by atoms with Crippen LogP contribution in [0.5, 0.6) is 0 Å². The summed E-state index contributed by atoms with van der Waals surface area (Å²) < 4.78 is 11.5. The molecule has 0 fully saturated rings. The summed E-state index contributed by atoms with van der Waals surface area (Å²) in [6.07, 6.45) is 2.17. The molecule has 0 radical (unpaired) electrons. The first kappa shape index (κ1) is 21.3. The number of rotatable bonds is 12. The molecule has 1 amide bonds. The van der Waals surface area contributed by atoms with E-state index in [9.17, 15) is 24.4 Å². The first-order chi connectivity index (χ1) is 11.8. The van der Waals surface area contributed by atoms with E-state index in [1.165, 1.54) is 5.56 Å². The molecule has 0 bridgehead atoms.